The van der Waals surface area contributed by atoms with Crippen LogP contribution in [0.5, 0.6) is 0 Å². The summed E-state index contributed by atoms with van der Waals surface area (Å²) in [6.07, 6.45) is 2.43. The van der Waals surface area contributed by atoms with Gasteiger partial charge in [-0.1, -0.05) is 0 Å². The molecule has 0 aromatic carbocycles. The molecule has 0 unspecified atom stereocenters. The van der Waals surface area contributed by atoms with Crippen LogP contribution in [0.4, 0.5) is 11.5 Å². The minimum atomic E-state index is -0.374. The van der Waals surface area contributed by atoms with E-state index in [0.717, 1.165) is 32.6 Å². The molecule has 2 heterocycles. The molecule has 0 amide bonds. The van der Waals surface area contributed by atoms with Crippen LogP contribution in [0.15, 0.2) is 6.20 Å². The number of hydrogen-bond donors (Lipinski definition) is 1. The van der Waals surface area contributed by atoms with E-state index in [1.807, 2.05) is 4.90 Å². The monoisotopic (exact) mass is 225 g/mol. The molecule has 7 nitrogen and oxygen atoms in total. The minimum Gasteiger partial charge on any atom is -0.348 e. The third kappa shape index (κ3) is 2.13. The number of nitrogens with one attached hydrogen (secondary N) is 1. The molecule has 1 aromatic rings. The van der Waals surface area contributed by atoms with Crippen molar-refractivity contribution < 1.29 is 4.92 Å². The first-order chi connectivity index (χ1) is 7.68. The summed E-state index contributed by atoms with van der Waals surface area (Å²) < 4.78 is 1.49. The largest absolute Gasteiger partial charge is 0.348 e. The predicted molar refractivity (Wildman–Crippen MR) is 59.6 cm³/mol. The fourth-order valence-corrected chi connectivity index (χ4v) is 1.88. The highest BCUT2D eigenvalue weighted by Crippen LogP contribution is 2.25. The van der Waals surface area contributed by atoms with Crippen LogP contribution >= 0.6 is 0 Å². The lowest BCUT2D eigenvalue weighted by Gasteiger charge is -2.18. The van der Waals surface area contributed by atoms with Crippen molar-refractivity contribution in [2.45, 2.75) is 6.42 Å². The van der Waals surface area contributed by atoms with Gasteiger partial charge in [0.2, 0.25) is 5.82 Å². The first-order valence-corrected chi connectivity index (χ1v) is 5.32. The number of aryl methyl sites for hydroxylation is 1. The highest BCUT2D eigenvalue weighted by molar-refractivity contribution is 5.56. The van der Waals surface area contributed by atoms with Gasteiger partial charge in [0, 0.05) is 26.7 Å². The van der Waals surface area contributed by atoms with Crippen molar-refractivity contribution in [3.8, 4) is 0 Å². The predicted octanol–water partition coefficient (Wildman–Crippen LogP) is 0.128. The molecular weight excluding hydrogens is 210 g/mol. The lowest BCUT2D eigenvalue weighted by atomic mass is 10.4. The molecule has 1 aliphatic rings. The Bertz CT molecular complexity index is 381. The van der Waals surface area contributed by atoms with Crippen LogP contribution in [0.2, 0.25) is 0 Å². The summed E-state index contributed by atoms with van der Waals surface area (Å²) in [6, 6.07) is 0. The van der Waals surface area contributed by atoms with Crippen molar-refractivity contribution in [2.24, 2.45) is 7.05 Å². The van der Waals surface area contributed by atoms with E-state index in [1.165, 1.54) is 10.9 Å². The number of nitrogens with zero attached hydrogens (tertiary/aromatic N) is 4. The summed E-state index contributed by atoms with van der Waals surface area (Å²) in [5.74, 6) is 0.483. The van der Waals surface area contributed by atoms with Crippen LogP contribution in [0.3, 0.4) is 0 Å². The Balaban J connectivity index is 2.26. The Morgan fingerprint density at radius 1 is 1.50 bits per heavy atom. The molecule has 1 aromatic heterocycles. The van der Waals surface area contributed by atoms with E-state index in [1.54, 1.807) is 7.05 Å². The number of aromatic nitrogens is 2. The first-order valence-electron chi connectivity index (χ1n) is 5.32. The standard InChI is InChI=1S/C9H15N5O2/c1-12-7-8(14(15)16)9(11-12)13-5-2-3-10-4-6-13/h7,10H,2-6H2,1H3. The number of anilines is 1. The average Bonchev–Trinajstić information content (AvgIpc) is 2.49. The van der Waals surface area contributed by atoms with Crippen molar-refractivity contribution >= 4 is 11.5 Å². The molecule has 1 saturated heterocycles. The molecule has 88 valence electrons. The molecule has 0 aliphatic carbocycles. The van der Waals surface area contributed by atoms with Gasteiger partial charge in [-0.2, -0.15) is 0 Å². The maximum Gasteiger partial charge on any atom is 0.330 e. The molecule has 0 radical (unpaired) electrons. The second-order valence-electron chi connectivity index (χ2n) is 3.86. The molecule has 0 spiro atoms. The summed E-state index contributed by atoms with van der Waals surface area (Å²) in [7, 11) is 1.70. The fourth-order valence-electron chi connectivity index (χ4n) is 1.88. The first kappa shape index (κ1) is 10.9. The summed E-state index contributed by atoms with van der Waals surface area (Å²) in [4.78, 5) is 12.5. The van der Waals surface area contributed by atoms with E-state index in [9.17, 15) is 10.1 Å². The van der Waals surface area contributed by atoms with Crippen molar-refractivity contribution in [3.63, 3.8) is 0 Å². The zero-order chi connectivity index (χ0) is 11.5. The Labute approximate surface area is 93.2 Å². The van der Waals surface area contributed by atoms with Gasteiger partial charge < -0.3 is 10.2 Å². The smallest absolute Gasteiger partial charge is 0.330 e. The Kier molecular flexibility index (Phi) is 3.04. The maximum atomic E-state index is 10.9. The van der Waals surface area contributed by atoms with Gasteiger partial charge in [0.05, 0.1) is 4.92 Å². The molecule has 2 rings (SSSR count). The highest BCUT2D eigenvalue weighted by atomic mass is 16.6. The lowest BCUT2D eigenvalue weighted by molar-refractivity contribution is -0.384. The molecular formula is C9H15N5O2. The van der Waals surface area contributed by atoms with Crippen LogP contribution < -0.4 is 10.2 Å². The molecule has 1 N–H and O–H groups in total. The Morgan fingerprint density at radius 2 is 2.31 bits per heavy atom. The van der Waals surface area contributed by atoms with Gasteiger partial charge in [-0.05, 0) is 13.0 Å². The van der Waals surface area contributed by atoms with Crippen LogP contribution in [0.25, 0.3) is 0 Å². The maximum absolute atomic E-state index is 10.9. The second-order valence-corrected chi connectivity index (χ2v) is 3.86. The number of rotatable bonds is 2. The zero-order valence-corrected chi connectivity index (χ0v) is 9.22. The summed E-state index contributed by atoms with van der Waals surface area (Å²) in [6.45, 7) is 3.37. The van der Waals surface area contributed by atoms with Crippen molar-refractivity contribution in [3.05, 3.63) is 16.3 Å². The van der Waals surface area contributed by atoms with Crippen molar-refractivity contribution in [1.82, 2.24) is 15.1 Å². The van der Waals surface area contributed by atoms with E-state index in [4.69, 9.17) is 0 Å². The van der Waals surface area contributed by atoms with Gasteiger partial charge in [0.1, 0.15) is 6.20 Å². The third-order valence-corrected chi connectivity index (χ3v) is 2.63. The number of nitro groups is 1. The number of hydrogen-bond acceptors (Lipinski definition) is 5. The molecule has 0 saturated carbocycles. The van der Waals surface area contributed by atoms with E-state index < -0.39 is 0 Å². The second kappa shape index (κ2) is 4.48. The summed E-state index contributed by atoms with van der Waals surface area (Å²) >= 11 is 0. The van der Waals surface area contributed by atoms with Gasteiger partial charge >= 0.3 is 5.69 Å². The molecule has 1 aliphatic heterocycles. The lowest BCUT2D eigenvalue weighted by Crippen LogP contribution is -2.28. The van der Waals surface area contributed by atoms with Crippen LogP contribution in [-0.4, -0.2) is 40.9 Å². The third-order valence-electron chi connectivity index (χ3n) is 2.63. The quantitative estimate of drug-likeness (QED) is 0.572. The Hall–Kier alpha value is -1.63. The molecule has 16 heavy (non-hydrogen) atoms. The molecule has 1 fully saturated rings. The van der Waals surface area contributed by atoms with E-state index >= 15 is 0 Å². The van der Waals surface area contributed by atoms with Gasteiger partial charge in [-0.3, -0.25) is 14.8 Å². The van der Waals surface area contributed by atoms with Gasteiger partial charge in [0.25, 0.3) is 0 Å². The normalized spacial score (nSPS) is 17.2. The van der Waals surface area contributed by atoms with Crippen LogP contribution in [-0.2, 0) is 7.05 Å². The summed E-state index contributed by atoms with van der Waals surface area (Å²) in [5.41, 5.74) is 0.0874. The van der Waals surface area contributed by atoms with E-state index in [-0.39, 0.29) is 10.6 Å². The minimum absolute atomic E-state index is 0.0874. The summed E-state index contributed by atoms with van der Waals surface area (Å²) in [5, 5.41) is 18.3. The van der Waals surface area contributed by atoms with Gasteiger partial charge in [0.15, 0.2) is 0 Å². The Morgan fingerprint density at radius 3 is 3.06 bits per heavy atom. The van der Waals surface area contributed by atoms with Crippen molar-refractivity contribution in [2.75, 3.05) is 31.1 Å². The highest BCUT2D eigenvalue weighted by Gasteiger charge is 2.24. The van der Waals surface area contributed by atoms with Crippen LogP contribution in [0, 0.1) is 10.1 Å². The average molecular weight is 225 g/mol. The van der Waals surface area contributed by atoms with E-state index in [0.29, 0.717) is 5.82 Å². The van der Waals surface area contributed by atoms with Crippen molar-refractivity contribution in [1.29, 1.82) is 0 Å². The van der Waals surface area contributed by atoms with Crippen LogP contribution in [0.1, 0.15) is 6.42 Å². The zero-order valence-electron chi connectivity index (χ0n) is 9.22. The SMILES string of the molecule is Cn1cc([N+](=O)[O-])c(N2CCCNCC2)n1. The fraction of sp³-hybridized carbons (Fsp3) is 0.667. The molecule has 0 atom stereocenters. The topological polar surface area (TPSA) is 76.2 Å². The molecule has 7 heteroatoms. The van der Waals surface area contributed by atoms with E-state index in [2.05, 4.69) is 10.4 Å². The van der Waals surface area contributed by atoms with Gasteiger partial charge in [-0.15, -0.1) is 5.10 Å². The van der Waals surface area contributed by atoms with Gasteiger partial charge in [-0.25, -0.2) is 0 Å². The molecule has 0 bridgehead atoms.